The Labute approximate surface area is 90.5 Å². The first kappa shape index (κ1) is 11.9. The third-order valence-electron chi connectivity index (χ3n) is 1.95. The molecule has 0 aliphatic heterocycles. The molecule has 5 heteroatoms. The van der Waals surface area contributed by atoms with E-state index in [0.717, 1.165) is 0 Å². The monoisotopic (exact) mass is 234 g/mol. The van der Waals surface area contributed by atoms with Gasteiger partial charge < -0.3 is 5.11 Å². The summed E-state index contributed by atoms with van der Waals surface area (Å²) in [6.45, 7) is 0. The summed E-state index contributed by atoms with van der Waals surface area (Å²) in [7, 11) is 0. The molecule has 0 radical (unpaired) electrons. The van der Waals surface area contributed by atoms with Crippen LogP contribution in [0.1, 0.15) is 24.0 Å². The maximum atomic E-state index is 12.5. The van der Waals surface area contributed by atoms with E-state index >= 15 is 0 Å². The van der Waals surface area contributed by atoms with E-state index in [9.17, 15) is 13.6 Å². The van der Waals surface area contributed by atoms with Gasteiger partial charge in [0.15, 0.2) is 0 Å². The molecule has 2 nitrogen and oxygen atoms in total. The first-order chi connectivity index (χ1) is 7.00. The molecule has 0 heterocycles. The number of benzene rings is 1. The first-order valence-electron chi connectivity index (χ1n) is 4.29. The molecule has 1 N–H and O–H groups in total. The summed E-state index contributed by atoms with van der Waals surface area (Å²) < 4.78 is 25.1. The third kappa shape index (κ3) is 3.47. The summed E-state index contributed by atoms with van der Waals surface area (Å²) in [6, 6.07) is 4.08. The molecule has 0 aromatic heterocycles. The van der Waals surface area contributed by atoms with Crippen LogP contribution in [0, 0.1) is 0 Å². The minimum atomic E-state index is -2.63. The average Bonchev–Trinajstić information content (AvgIpc) is 2.15. The Morgan fingerprint density at radius 1 is 1.47 bits per heavy atom. The topological polar surface area (TPSA) is 37.3 Å². The van der Waals surface area contributed by atoms with Gasteiger partial charge >= 0.3 is 5.97 Å². The van der Waals surface area contributed by atoms with Gasteiger partial charge in [-0.25, -0.2) is 8.78 Å². The van der Waals surface area contributed by atoms with Crippen molar-refractivity contribution >= 4 is 17.6 Å². The maximum Gasteiger partial charge on any atom is 0.303 e. The Kier molecular flexibility index (Phi) is 4.03. The molecule has 0 bridgehead atoms. The number of alkyl halides is 2. The zero-order valence-electron chi connectivity index (χ0n) is 7.71. The van der Waals surface area contributed by atoms with Gasteiger partial charge in [-0.05, 0) is 24.1 Å². The van der Waals surface area contributed by atoms with Gasteiger partial charge in [0.25, 0.3) is 6.43 Å². The fraction of sp³-hybridized carbons (Fsp3) is 0.300. The van der Waals surface area contributed by atoms with Crippen LogP contribution >= 0.6 is 11.6 Å². The van der Waals surface area contributed by atoms with Crippen molar-refractivity contribution in [2.24, 2.45) is 0 Å². The van der Waals surface area contributed by atoms with Crippen LogP contribution in [0.3, 0.4) is 0 Å². The lowest BCUT2D eigenvalue weighted by Gasteiger charge is -2.07. The summed E-state index contributed by atoms with van der Waals surface area (Å²) in [5.74, 6) is -1.01. The van der Waals surface area contributed by atoms with E-state index < -0.39 is 12.4 Å². The Balaban J connectivity index is 2.90. The van der Waals surface area contributed by atoms with Gasteiger partial charge in [-0.2, -0.15) is 0 Å². The van der Waals surface area contributed by atoms with E-state index in [1.54, 1.807) is 0 Å². The van der Waals surface area contributed by atoms with Crippen LogP contribution in [0.15, 0.2) is 18.2 Å². The van der Waals surface area contributed by atoms with Gasteiger partial charge in [0.1, 0.15) is 0 Å². The molecule has 0 atom stereocenters. The largest absolute Gasteiger partial charge is 0.481 e. The molecule has 0 amide bonds. The number of aryl methyl sites for hydroxylation is 1. The molecule has 1 aromatic carbocycles. The molecule has 0 spiro atoms. The van der Waals surface area contributed by atoms with Crippen LogP contribution in [0.5, 0.6) is 0 Å². The number of hydrogen-bond donors (Lipinski definition) is 1. The van der Waals surface area contributed by atoms with E-state index in [4.69, 9.17) is 16.7 Å². The molecular formula is C10H9ClF2O2. The molecular weight excluding hydrogens is 226 g/mol. The molecule has 0 aliphatic carbocycles. The zero-order chi connectivity index (χ0) is 11.4. The number of halogens is 3. The molecule has 0 aliphatic rings. The van der Waals surface area contributed by atoms with E-state index in [0.29, 0.717) is 5.56 Å². The number of carboxylic acid groups (broad SMARTS) is 1. The predicted octanol–water partition coefficient (Wildman–Crippen LogP) is 3.29. The number of aliphatic carboxylic acids is 1. The van der Waals surface area contributed by atoms with Crippen molar-refractivity contribution in [2.45, 2.75) is 19.3 Å². The Morgan fingerprint density at radius 2 is 2.13 bits per heavy atom. The second-order valence-electron chi connectivity index (χ2n) is 3.04. The summed E-state index contributed by atoms with van der Waals surface area (Å²) in [4.78, 5) is 10.3. The normalized spacial score (nSPS) is 10.7. The van der Waals surface area contributed by atoms with Crippen molar-refractivity contribution in [3.63, 3.8) is 0 Å². The lowest BCUT2D eigenvalue weighted by molar-refractivity contribution is -0.136. The first-order valence-corrected chi connectivity index (χ1v) is 4.66. The van der Waals surface area contributed by atoms with Crippen molar-refractivity contribution in [2.75, 3.05) is 0 Å². The minimum Gasteiger partial charge on any atom is -0.481 e. The van der Waals surface area contributed by atoms with Crippen LogP contribution in [0.25, 0.3) is 0 Å². The molecule has 15 heavy (non-hydrogen) atoms. The van der Waals surface area contributed by atoms with Gasteiger partial charge in [-0.3, -0.25) is 4.79 Å². The highest BCUT2D eigenvalue weighted by atomic mass is 35.5. The molecule has 0 saturated heterocycles. The SMILES string of the molecule is O=C(O)CCc1ccc(Cl)cc1C(F)F. The molecule has 0 saturated carbocycles. The Hall–Kier alpha value is -1.16. The molecule has 82 valence electrons. The lowest BCUT2D eigenvalue weighted by atomic mass is 10.0. The quantitative estimate of drug-likeness (QED) is 0.868. The van der Waals surface area contributed by atoms with Crippen molar-refractivity contribution in [3.8, 4) is 0 Å². The van der Waals surface area contributed by atoms with Crippen LogP contribution in [0.4, 0.5) is 8.78 Å². The number of rotatable bonds is 4. The highest BCUT2D eigenvalue weighted by molar-refractivity contribution is 6.30. The van der Waals surface area contributed by atoms with Gasteiger partial charge in [0.2, 0.25) is 0 Å². The summed E-state index contributed by atoms with van der Waals surface area (Å²) in [6.07, 6.45) is -2.71. The van der Waals surface area contributed by atoms with Crippen molar-refractivity contribution < 1.29 is 18.7 Å². The summed E-state index contributed by atoms with van der Waals surface area (Å²) >= 11 is 5.57. The fourth-order valence-electron chi connectivity index (χ4n) is 1.24. The van der Waals surface area contributed by atoms with Crippen LogP contribution in [0.2, 0.25) is 5.02 Å². The zero-order valence-corrected chi connectivity index (χ0v) is 8.47. The van der Waals surface area contributed by atoms with E-state index in [1.807, 2.05) is 0 Å². The smallest absolute Gasteiger partial charge is 0.303 e. The van der Waals surface area contributed by atoms with Crippen molar-refractivity contribution in [1.29, 1.82) is 0 Å². The second kappa shape index (κ2) is 5.07. The average molecular weight is 235 g/mol. The number of hydrogen-bond acceptors (Lipinski definition) is 1. The number of carboxylic acids is 1. The predicted molar refractivity (Wildman–Crippen MR) is 52.4 cm³/mol. The highest BCUT2D eigenvalue weighted by Crippen LogP contribution is 2.26. The van der Waals surface area contributed by atoms with E-state index in [-0.39, 0.29) is 23.4 Å². The van der Waals surface area contributed by atoms with Crippen molar-refractivity contribution in [1.82, 2.24) is 0 Å². The van der Waals surface area contributed by atoms with Gasteiger partial charge in [0.05, 0.1) is 0 Å². The summed E-state index contributed by atoms with van der Waals surface area (Å²) in [5.41, 5.74) is 0.139. The Morgan fingerprint density at radius 3 is 2.67 bits per heavy atom. The van der Waals surface area contributed by atoms with Crippen LogP contribution in [-0.2, 0) is 11.2 Å². The molecule has 0 unspecified atom stereocenters. The lowest BCUT2D eigenvalue weighted by Crippen LogP contribution is -2.01. The van der Waals surface area contributed by atoms with Gasteiger partial charge in [0, 0.05) is 17.0 Å². The van der Waals surface area contributed by atoms with Crippen LogP contribution < -0.4 is 0 Å². The molecule has 0 fully saturated rings. The van der Waals surface area contributed by atoms with E-state index in [1.165, 1.54) is 18.2 Å². The third-order valence-corrected chi connectivity index (χ3v) is 2.19. The van der Waals surface area contributed by atoms with Crippen LogP contribution in [-0.4, -0.2) is 11.1 Å². The minimum absolute atomic E-state index is 0.0895. The molecule has 1 rings (SSSR count). The highest BCUT2D eigenvalue weighted by Gasteiger charge is 2.13. The Bertz CT molecular complexity index is 366. The van der Waals surface area contributed by atoms with Gasteiger partial charge in [-0.1, -0.05) is 17.7 Å². The number of carbonyl (C=O) groups is 1. The van der Waals surface area contributed by atoms with Gasteiger partial charge in [-0.15, -0.1) is 0 Å². The van der Waals surface area contributed by atoms with Crippen molar-refractivity contribution in [3.05, 3.63) is 34.3 Å². The molecule has 1 aromatic rings. The maximum absolute atomic E-state index is 12.5. The van der Waals surface area contributed by atoms with E-state index in [2.05, 4.69) is 0 Å². The fourth-order valence-corrected chi connectivity index (χ4v) is 1.42. The standard InChI is InChI=1S/C10H9ClF2O2/c11-7-3-1-6(2-4-9(14)15)8(5-7)10(12)13/h1,3,5,10H,2,4H2,(H,14,15). The second-order valence-corrected chi connectivity index (χ2v) is 3.47. The summed E-state index contributed by atoms with van der Waals surface area (Å²) in [5, 5.41) is 8.67.